The smallest absolute Gasteiger partial charge is 0.0379 e. The number of rotatable bonds is 4. The average Bonchev–Trinajstić information content (AvgIpc) is 2.85. The molecule has 1 aromatic heterocycles. The third kappa shape index (κ3) is 2.50. The molecule has 1 atom stereocenters. The lowest BCUT2D eigenvalue weighted by Crippen LogP contribution is -2.32. The molecule has 1 aliphatic heterocycles. The monoisotopic (exact) mass is 229 g/mol. The molecule has 1 saturated heterocycles. The summed E-state index contributed by atoms with van der Waals surface area (Å²) < 4.78 is 0. The van der Waals surface area contributed by atoms with Crippen LogP contribution in [0.25, 0.3) is 0 Å². The van der Waals surface area contributed by atoms with Crippen LogP contribution in [-0.2, 0) is 6.42 Å². The molecule has 0 N–H and O–H groups in total. The van der Waals surface area contributed by atoms with Gasteiger partial charge in [0.1, 0.15) is 0 Å². The second-order valence-corrected chi connectivity index (χ2v) is 4.96. The fourth-order valence-corrected chi connectivity index (χ4v) is 3.12. The molecule has 2 heterocycles. The van der Waals surface area contributed by atoms with Gasteiger partial charge in [-0.15, -0.1) is 11.6 Å². The second kappa shape index (κ2) is 5.15. The molecule has 1 aliphatic rings. The van der Waals surface area contributed by atoms with Gasteiger partial charge < -0.3 is 0 Å². The number of thiophene rings is 1. The van der Waals surface area contributed by atoms with Gasteiger partial charge in [-0.25, -0.2) is 0 Å². The molecule has 3 heteroatoms. The quantitative estimate of drug-likeness (QED) is 0.718. The topological polar surface area (TPSA) is 3.24 Å². The molecule has 0 aromatic carbocycles. The second-order valence-electron chi connectivity index (χ2n) is 3.87. The van der Waals surface area contributed by atoms with Gasteiger partial charge in [0.25, 0.3) is 0 Å². The molecule has 1 unspecified atom stereocenters. The van der Waals surface area contributed by atoms with Crippen LogP contribution in [0.4, 0.5) is 0 Å². The Hall–Kier alpha value is -0.0500. The molecule has 1 aromatic rings. The van der Waals surface area contributed by atoms with Crippen molar-refractivity contribution in [3.05, 3.63) is 22.4 Å². The fraction of sp³-hybridized carbons (Fsp3) is 0.636. The summed E-state index contributed by atoms with van der Waals surface area (Å²) in [6.07, 6.45) is 3.78. The van der Waals surface area contributed by atoms with E-state index in [1.54, 1.807) is 11.3 Å². The van der Waals surface area contributed by atoms with Gasteiger partial charge in [0, 0.05) is 18.5 Å². The summed E-state index contributed by atoms with van der Waals surface area (Å²) in [6.45, 7) is 2.41. The Balaban J connectivity index is 1.80. The first kappa shape index (κ1) is 10.5. The van der Waals surface area contributed by atoms with Crippen molar-refractivity contribution in [1.29, 1.82) is 0 Å². The summed E-state index contributed by atoms with van der Waals surface area (Å²) in [6, 6.07) is 2.85. The Morgan fingerprint density at radius 3 is 3.21 bits per heavy atom. The molecule has 1 fully saturated rings. The lowest BCUT2D eigenvalue weighted by atomic mass is 10.2. The maximum atomic E-state index is 5.92. The molecular formula is C11H16ClNS. The molecule has 0 amide bonds. The minimum atomic E-state index is 0.635. The van der Waals surface area contributed by atoms with E-state index in [4.69, 9.17) is 11.6 Å². The maximum absolute atomic E-state index is 5.92. The van der Waals surface area contributed by atoms with Crippen LogP contribution >= 0.6 is 22.9 Å². The van der Waals surface area contributed by atoms with E-state index in [0.717, 1.165) is 5.88 Å². The number of halogens is 1. The summed E-state index contributed by atoms with van der Waals surface area (Å²) in [5.41, 5.74) is 1.47. The average molecular weight is 230 g/mol. The molecule has 0 bridgehead atoms. The van der Waals surface area contributed by atoms with Crippen molar-refractivity contribution >= 4 is 22.9 Å². The van der Waals surface area contributed by atoms with E-state index in [1.807, 2.05) is 0 Å². The van der Waals surface area contributed by atoms with Gasteiger partial charge in [0.15, 0.2) is 0 Å². The van der Waals surface area contributed by atoms with E-state index in [2.05, 4.69) is 21.7 Å². The number of nitrogens with zero attached hydrogens (tertiary/aromatic N) is 1. The Morgan fingerprint density at radius 1 is 1.57 bits per heavy atom. The van der Waals surface area contributed by atoms with E-state index in [0.29, 0.717) is 6.04 Å². The van der Waals surface area contributed by atoms with Crippen LogP contribution in [-0.4, -0.2) is 29.9 Å². The molecule has 0 saturated carbocycles. The van der Waals surface area contributed by atoms with Gasteiger partial charge in [-0.2, -0.15) is 11.3 Å². The van der Waals surface area contributed by atoms with Gasteiger partial charge in [-0.05, 0) is 48.2 Å². The Bertz CT molecular complexity index is 260. The van der Waals surface area contributed by atoms with Crippen LogP contribution in [0.15, 0.2) is 16.8 Å². The van der Waals surface area contributed by atoms with Crippen molar-refractivity contribution in [3.63, 3.8) is 0 Å². The molecular weight excluding hydrogens is 214 g/mol. The van der Waals surface area contributed by atoms with Crippen molar-refractivity contribution in [1.82, 2.24) is 4.90 Å². The first-order valence-electron chi connectivity index (χ1n) is 5.21. The van der Waals surface area contributed by atoms with Gasteiger partial charge >= 0.3 is 0 Å². The maximum Gasteiger partial charge on any atom is 0.0379 e. The van der Waals surface area contributed by atoms with Crippen molar-refractivity contribution in [3.8, 4) is 0 Å². The molecule has 2 rings (SSSR count). The number of hydrogen-bond donors (Lipinski definition) is 0. The predicted molar refractivity (Wildman–Crippen MR) is 63.3 cm³/mol. The Kier molecular flexibility index (Phi) is 3.85. The van der Waals surface area contributed by atoms with Crippen LogP contribution < -0.4 is 0 Å². The summed E-state index contributed by atoms with van der Waals surface area (Å²) >= 11 is 7.71. The van der Waals surface area contributed by atoms with Crippen LogP contribution in [0.2, 0.25) is 0 Å². The summed E-state index contributed by atoms with van der Waals surface area (Å²) in [5.74, 6) is 0.795. The zero-order valence-electron chi connectivity index (χ0n) is 8.29. The number of likely N-dealkylation sites (tertiary alicyclic amines) is 1. The van der Waals surface area contributed by atoms with Crippen LogP contribution in [0.5, 0.6) is 0 Å². The normalized spacial score (nSPS) is 23.1. The van der Waals surface area contributed by atoms with Crippen molar-refractivity contribution < 1.29 is 0 Å². The summed E-state index contributed by atoms with van der Waals surface area (Å²) in [7, 11) is 0. The standard InChI is InChI=1S/C11H16ClNS/c12-8-11-2-1-5-13(11)6-3-10-4-7-14-9-10/h4,7,9,11H,1-3,5-6,8H2. The largest absolute Gasteiger partial charge is 0.299 e. The van der Waals surface area contributed by atoms with Gasteiger partial charge in [0.05, 0.1) is 0 Å². The van der Waals surface area contributed by atoms with Crippen molar-refractivity contribution in [2.75, 3.05) is 19.0 Å². The SMILES string of the molecule is ClCC1CCCN1CCc1ccsc1. The van der Waals surface area contributed by atoms with E-state index >= 15 is 0 Å². The molecule has 78 valence electrons. The summed E-state index contributed by atoms with van der Waals surface area (Å²) in [4.78, 5) is 2.53. The van der Waals surface area contributed by atoms with Crippen LogP contribution in [0, 0.1) is 0 Å². The lowest BCUT2D eigenvalue weighted by Gasteiger charge is -2.21. The first-order valence-corrected chi connectivity index (χ1v) is 6.69. The zero-order valence-corrected chi connectivity index (χ0v) is 9.86. The van der Waals surface area contributed by atoms with E-state index in [9.17, 15) is 0 Å². The fourth-order valence-electron chi connectivity index (χ4n) is 2.07. The van der Waals surface area contributed by atoms with Crippen LogP contribution in [0.3, 0.4) is 0 Å². The minimum Gasteiger partial charge on any atom is -0.299 e. The van der Waals surface area contributed by atoms with E-state index in [-0.39, 0.29) is 0 Å². The highest BCUT2D eigenvalue weighted by molar-refractivity contribution is 7.07. The highest BCUT2D eigenvalue weighted by Crippen LogP contribution is 2.19. The third-order valence-corrected chi connectivity index (χ3v) is 4.03. The highest BCUT2D eigenvalue weighted by Gasteiger charge is 2.22. The number of alkyl halides is 1. The molecule has 14 heavy (non-hydrogen) atoms. The van der Waals surface area contributed by atoms with Gasteiger partial charge in [-0.1, -0.05) is 0 Å². The van der Waals surface area contributed by atoms with Gasteiger partial charge in [0.2, 0.25) is 0 Å². The van der Waals surface area contributed by atoms with Crippen LogP contribution in [0.1, 0.15) is 18.4 Å². The van der Waals surface area contributed by atoms with E-state index < -0.39 is 0 Å². The summed E-state index contributed by atoms with van der Waals surface area (Å²) in [5, 5.41) is 4.39. The molecule has 0 spiro atoms. The van der Waals surface area contributed by atoms with E-state index in [1.165, 1.54) is 37.9 Å². The third-order valence-electron chi connectivity index (χ3n) is 2.94. The Labute approximate surface area is 94.7 Å². The lowest BCUT2D eigenvalue weighted by molar-refractivity contribution is 0.275. The first-order chi connectivity index (χ1) is 6.90. The zero-order chi connectivity index (χ0) is 9.80. The number of hydrogen-bond acceptors (Lipinski definition) is 2. The highest BCUT2D eigenvalue weighted by atomic mass is 35.5. The minimum absolute atomic E-state index is 0.635. The predicted octanol–water partition coefficient (Wildman–Crippen LogP) is 2.99. The Morgan fingerprint density at radius 2 is 2.50 bits per heavy atom. The van der Waals surface area contributed by atoms with Gasteiger partial charge in [-0.3, -0.25) is 4.90 Å². The molecule has 0 aliphatic carbocycles. The van der Waals surface area contributed by atoms with Crippen molar-refractivity contribution in [2.45, 2.75) is 25.3 Å². The van der Waals surface area contributed by atoms with Crippen molar-refractivity contribution in [2.24, 2.45) is 0 Å². The molecule has 0 radical (unpaired) electrons. The molecule has 1 nitrogen and oxygen atoms in total.